The van der Waals surface area contributed by atoms with E-state index in [9.17, 15) is 0 Å². The van der Waals surface area contributed by atoms with E-state index in [1.54, 1.807) is 11.3 Å². The number of thiophene rings is 1. The van der Waals surface area contributed by atoms with E-state index in [4.69, 9.17) is 11.6 Å². The molecule has 102 valence electrons. The summed E-state index contributed by atoms with van der Waals surface area (Å²) in [6, 6.07) is 11.2. The number of hydrogen-bond donors (Lipinski definition) is 1. The van der Waals surface area contributed by atoms with Crippen LogP contribution in [0.2, 0.25) is 4.34 Å². The summed E-state index contributed by atoms with van der Waals surface area (Å²) in [5.74, 6) is 0. The summed E-state index contributed by atoms with van der Waals surface area (Å²) in [6.45, 7) is 5.17. The van der Waals surface area contributed by atoms with Crippen molar-refractivity contribution >= 4 is 38.9 Å². The van der Waals surface area contributed by atoms with E-state index in [1.807, 2.05) is 0 Å². The standard InChI is InChI=1S/C15H17BrClNS/c1-3-14(11-6-4-10(2)5-7-11)18-9-12-8-13(16)15(17)19-12/h4-8,14,18H,3,9H2,1-2H3. The Kier molecular flexibility index (Phi) is 5.46. The van der Waals surface area contributed by atoms with Crippen molar-refractivity contribution in [2.45, 2.75) is 32.9 Å². The second kappa shape index (κ2) is 6.89. The molecule has 1 atom stereocenters. The molecule has 2 rings (SSSR count). The number of benzene rings is 1. The van der Waals surface area contributed by atoms with Crippen molar-refractivity contribution in [1.29, 1.82) is 0 Å². The molecule has 1 nitrogen and oxygen atoms in total. The minimum Gasteiger partial charge on any atom is -0.305 e. The first kappa shape index (κ1) is 15.0. The Balaban J connectivity index is 2.01. The Morgan fingerprint density at radius 3 is 2.53 bits per heavy atom. The average Bonchev–Trinajstić information content (AvgIpc) is 2.71. The van der Waals surface area contributed by atoms with Crippen LogP contribution in [-0.2, 0) is 6.54 Å². The van der Waals surface area contributed by atoms with Gasteiger partial charge in [0.2, 0.25) is 0 Å². The van der Waals surface area contributed by atoms with Crippen LogP contribution in [0.3, 0.4) is 0 Å². The summed E-state index contributed by atoms with van der Waals surface area (Å²) in [5.41, 5.74) is 2.64. The van der Waals surface area contributed by atoms with Gasteiger partial charge in [0.05, 0.1) is 0 Å². The third-order valence-corrected chi connectivity index (χ3v) is 5.58. The maximum absolute atomic E-state index is 6.06. The number of nitrogens with one attached hydrogen (secondary N) is 1. The molecule has 0 aliphatic rings. The first-order valence-corrected chi connectivity index (χ1v) is 8.32. The fourth-order valence-corrected chi connectivity index (χ4v) is 3.74. The van der Waals surface area contributed by atoms with Crippen molar-refractivity contribution in [3.05, 3.63) is 55.1 Å². The maximum atomic E-state index is 6.06. The molecule has 1 heterocycles. The summed E-state index contributed by atoms with van der Waals surface area (Å²) in [4.78, 5) is 1.25. The predicted octanol–water partition coefficient (Wildman–Crippen LogP) is 5.71. The van der Waals surface area contributed by atoms with Crippen LogP contribution in [0.1, 0.15) is 35.4 Å². The van der Waals surface area contributed by atoms with E-state index < -0.39 is 0 Å². The van der Waals surface area contributed by atoms with Crippen LogP contribution in [0, 0.1) is 6.92 Å². The molecule has 0 radical (unpaired) electrons. The summed E-state index contributed by atoms with van der Waals surface area (Å²) in [7, 11) is 0. The fraction of sp³-hybridized carbons (Fsp3) is 0.333. The first-order valence-electron chi connectivity index (χ1n) is 6.33. The number of hydrogen-bond acceptors (Lipinski definition) is 2. The summed E-state index contributed by atoms with van der Waals surface area (Å²) in [6.07, 6.45) is 1.07. The molecule has 0 bridgehead atoms. The van der Waals surface area contributed by atoms with Gasteiger partial charge in [-0.3, -0.25) is 0 Å². The van der Waals surface area contributed by atoms with Crippen LogP contribution in [0.15, 0.2) is 34.8 Å². The van der Waals surface area contributed by atoms with Gasteiger partial charge < -0.3 is 5.32 Å². The Bertz CT molecular complexity index is 516. The van der Waals surface area contributed by atoms with Crippen LogP contribution in [-0.4, -0.2) is 0 Å². The zero-order chi connectivity index (χ0) is 13.8. The Hall–Kier alpha value is -0.350. The van der Waals surface area contributed by atoms with E-state index in [1.165, 1.54) is 16.0 Å². The van der Waals surface area contributed by atoms with Crippen molar-refractivity contribution < 1.29 is 0 Å². The first-order chi connectivity index (χ1) is 9.10. The van der Waals surface area contributed by atoms with Crippen molar-refractivity contribution in [1.82, 2.24) is 5.32 Å². The third kappa shape index (κ3) is 4.06. The Morgan fingerprint density at radius 2 is 2.00 bits per heavy atom. The lowest BCUT2D eigenvalue weighted by Gasteiger charge is -2.17. The van der Waals surface area contributed by atoms with Gasteiger partial charge in [0.1, 0.15) is 4.34 Å². The van der Waals surface area contributed by atoms with Crippen LogP contribution >= 0.6 is 38.9 Å². The Labute approximate surface area is 132 Å². The van der Waals surface area contributed by atoms with Crippen molar-refractivity contribution in [3.8, 4) is 0 Å². The summed E-state index contributed by atoms with van der Waals surface area (Å²) < 4.78 is 1.81. The normalized spacial score (nSPS) is 12.6. The molecule has 0 fully saturated rings. The predicted molar refractivity (Wildman–Crippen MR) is 88.1 cm³/mol. The molecule has 1 aromatic heterocycles. The molecular formula is C15H17BrClNS. The number of rotatable bonds is 5. The van der Waals surface area contributed by atoms with E-state index in [0.29, 0.717) is 6.04 Å². The highest BCUT2D eigenvalue weighted by molar-refractivity contribution is 9.10. The van der Waals surface area contributed by atoms with Gasteiger partial charge in [-0.1, -0.05) is 48.4 Å². The molecule has 2 aromatic rings. The lowest BCUT2D eigenvalue weighted by molar-refractivity contribution is 0.522. The van der Waals surface area contributed by atoms with Gasteiger partial charge in [-0.05, 0) is 40.9 Å². The zero-order valence-electron chi connectivity index (χ0n) is 11.0. The van der Waals surface area contributed by atoms with E-state index in [-0.39, 0.29) is 0 Å². The van der Waals surface area contributed by atoms with Gasteiger partial charge in [0.15, 0.2) is 0 Å². The van der Waals surface area contributed by atoms with Crippen LogP contribution in [0.4, 0.5) is 0 Å². The summed E-state index contributed by atoms with van der Waals surface area (Å²) >= 11 is 11.1. The highest BCUT2D eigenvalue weighted by Crippen LogP contribution is 2.32. The van der Waals surface area contributed by atoms with Crippen LogP contribution in [0.25, 0.3) is 0 Å². The molecule has 0 saturated carbocycles. The second-order valence-electron chi connectivity index (χ2n) is 4.59. The molecule has 0 amide bonds. The van der Waals surface area contributed by atoms with Crippen molar-refractivity contribution in [2.75, 3.05) is 0 Å². The average molecular weight is 359 g/mol. The smallest absolute Gasteiger partial charge is 0.107 e. The lowest BCUT2D eigenvalue weighted by Crippen LogP contribution is -2.19. The summed E-state index contributed by atoms with van der Waals surface area (Å²) in [5, 5.41) is 3.59. The molecule has 4 heteroatoms. The maximum Gasteiger partial charge on any atom is 0.107 e. The number of halogens is 2. The van der Waals surface area contributed by atoms with Gasteiger partial charge in [0.25, 0.3) is 0 Å². The van der Waals surface area contributed by atoms with E-state index in [2.05, 4.69) is 65.4 Å². The van der Waals surface area contributed by atoms with Gasteiger partial charge in [-0.15, -0.1) is 11.3 Å². The van der Waals surface area contributed by atoms with Crippen molar-refractivity contribution in [2.24, 2.45) is 0 Å². The third-order valence-electron chi connectivity index (χ3n) is 3.11. The Morgan fingerprint density at radius 1 is 1.32 bits per heavy atom. The molecule has 0 aliphatic heterocycles. The SMILES string of the molecule is CCC(NCc1cc(Br)c(Cl)s1)c1ccc(C)cc1. The fourth-order valence-electron chi connectivity index (χ4n) is 2.00. The second-order valence-corrected chi connectivity index (χ2v) is 7.18. The molecule has 1 aromatic carbocycles. The van der Waals surface area contributed by atoms with E-state index >= 15 is 0 Å². The minimum absolute atomic E-state index is 0.389. The van der Waals surface area contributed by atoms with Gasteiger partial charge >= 0.3 is 0 Å². The van der Waals surface area contributed by atoms with Gasteiger partial charge in [-0.25, -0.2) is 0 Å². The molecular weight excluding hydrogens is 342 g/mol. The van der Waals surface area contributed by atoms with E-state index in [0.717, 1.165) is 21.8 Å². The lowest BCUT2D eigenvalue weighted by atomic mass is 10.0. The molecule has 1 unspecified atom stereocenters. The molecule has 0 spiro atoms. The van der Waals surface area contributed by atoms with Crippen molar-refractivity contribution in [3.63, 3.8) is 0 Å². The number of aryl methyl sites for hydroxylation is 1. The highest BCUT2D eigenvalue weighted by atomic mass is 79.9. The quantitative estimate of drug-likeness (QED) is 0.721. The van der Waals surface area contributed by atoms with Gasteiger partial charge in [0, 0.05) is 21.9 Å². The highest BCUT2D eigenvalue weighted by Gasteiger charge is 2.10. The molecule has 19 heavy (non-hydrogen) atoms. The molecule has 0 saturated heterocycles. The molecule has 1 N–H and O–H groups in total. The van der Waals surface area contributed by atoms with Crippen LogP contribution in [0.5, 0.6) is 0 Å². The van der Waals surface area contributed by atoms with Crippen LogP contribution < -0.4 is 5.32 Å². The largest absolute Gasteiger partial charge is 0.305 e. The molecule has 0 aliphatic carbocycles. The minimum atomic E-state index is 0.389. The topological polar surface area (TPSA) is 12.0 Å². The zero-order valence-corrected chi connectivity index (χ0v) is 14.2. The van der Waals surface area contributed by atoms with Gasteiger partial charge in [-0.2, -0.15) is 0 Å². The monoisotopic (exact) mass is 357 g/mol.